The topological polar surface area (TPSA) is 80.5 Å². The van der Waals surface area contributed by atoms with Gasteiger partial charge in [-0.25, -0.2) is 4.98 Å². The molecular weight excluding hydrogens is 284 g/mol. The van der Waals surface area contributed by atoms with Crippen LogP contribution in [0.1, 0.15) is 21.7 Å². The van der Waals surface area contributed by atoms with Crippen molar-refractivity contribution < 1.29 is 14.6 Å². The lowest BCUT2D eigenvalue weighted by molar-refractivity contribution is -0.0183. The molecule has 0 aromatic carbocycles. The number of hydrogen-bond acceptors (Lipinski definition) is 5. The van der Waals surface area contributed by atoms with Crippen LogP contribution in [0.15, 0.2) is 6.07 Å². The molecule has 2 aromatic rings. The first-order valence-corrected chi connectivity index (χ1v) is 7.33. The van der Waals surface area contributed by atoms with Crippen LogP contribution in [0.5, 0.6) is 0 Å². The Morgan fingerprint density at radius 3 is 3.00 bits per heavy atom. The number of rotatable bonds is 2. The third kappa shape index (κ3) is 2.36. The van der Waals surface area contributed by atoms with E-state index in [0.29, 0.717) is 31.0 Å². The lowest BCUT2D eigenvalue weighted by atomic mass is 10.1. The zero-order valence-corrected chi connectivity index (χ0v) is 13.0. The molecule has 0 spiro atoms. The summed E-state index contributed by atoms with van der Waals surface area (Å²) < 4.78 is 7.04. The van der Waals surface area contributed by atoms with E-state index in [1.165, 1.54) is 0 Å². The van der Waals surface area contributed by atoms with E-state index in [4.69, 9.17) is 4.74 Å². The minimum Gasteiger partial charge on any atom is -0.394 e. The second kappa shape index (κ2) is 5.66. The summed E-state index contributed by atoms with van der Waals surface area (Å²) in [6.07, 6.45) is 0. The van der Waals surface area contributed by atoms with E-state index in [1.54, 1.807) is 15.6 Å². The van der Waals surface area contributed by atoms with Crippen LogP contribution in [0.25, 0.3) is 11.0 Å². The van der Waals surface area contributed by atoms with Crippen LogP contribution in [0, 0.1) is 13.8 Å². The van der Waals surface area contributed by atoms with Gasteiger partial charge in [0.05, 0.1) is 42.5 Å². The monoisotopic (exact) mass is 304 g/mol. The molecular formula is C15H20N4O3. The molecule has 0 aliphatic carbocycles. The number of amides is 1. The fourth-order valence-electron chi connectivity index (χ4n) is 2.97. The Morgan fingerprint density at radius 1 is 1.50 bits per heavy atom. The van der Waals surface area contributed by atoms with Crippen molar-refractivity contribution in [2.24, 2.45) is 7.05 Å². The number of carbonyl (C=O) groups excluding carboxylic acids is 1. The predicted octanol–water partition coefficient (Wildman–Crippen LogP) is 0.418. The van der Waals surface area contributed by atoms with Crippen LogP contribution in [0.3, 0.4) is 0 Å². The van der Waals surface area contributed by atoms with Crippen molar-refractivity contribution in [1.29, 1.82) is 0 Å². The van der Waals surface area contributed by atoms with Gasteiger partial charge in [0, 0.05) is 19.3 Å². The van der Waals surface area contributed by atoms with Crippen molar-refractivity contribution in [2.45, 2.75) is 19.9 Å². The van der Waals surface area contributed by atoms with Crippen molar-refractivity contribution in [2.75, 3.05) is 26.4 Å². The Balaban J connectivity index is 2.10. The summed E-state index contributed by atoms with van der Waals surface area (Å²) in [7, 11) is 1.82. The second-order valence-corrected chi connectivity index (χ2v) is 5.63. The molecule has 3 heterocycles. The Hall–Kier alpha value is -1.99. The van der Waals surface area contributed by atoms with Gasteiger partial charge in [-0.3, -0.25) is 9.48 Å². The van der Waals surface area contributed by atoms with E-state index in [0.717, 1.165) is 16.8 Å². The number of ether oxygens (including phenoxy) is 1. The average Bonchev–Trinajstić information content (AvgIpc) is 2.80. The van der Waals surface area contributed by atoms with Crippen LogP contribution in [-0.2, 0) is 11.8 Å². The van der Waals surface area contributed by atoms with Crippen LogP contribution >= 0.6 is 0 Å². The van der Waals surface area contributed by atoms with Gasteiger partial charge in [-0.05, 0) is 19.9 Å². The van der Waals surface area contributed by atoms with Gasteiger partial charge in [-0.15, -0.1) is 0 Å². The average molecular weight is 304 g/mol. The third-order valence-electron chi connectivity index (χ3n) is 4.03. The summed E-state index contributed by atoms with van der Waals surface area (Å²) in [5.41, 5.74) is 2.85. The maximum absolute atomic E-state index is 13.0. The molecule has 118 valence electrons. The molecule has 0 unspecified atom stereocenters. The highest BCUT2D eigenvalue weighted by atomic mass is 16.5. The van der Waals surface area contributed by atoms with Crippen LogP contribution in [0.4, 0.5) is 0 Å². The number of aliphatic hydroxyl groups excluding tert-OH is 1. The van der Waals surface area contributed by atoms with Crippen LogP contribution in [0.2, 0.25) is 0 Å². The standard InChI is InChI=1S/C15H20N4O3/c1-9-6-12(13-10(2)17-18(3)14(13)16-9)15(21)19-4-5-22-8-11(19)7-20/h6,11,20H,4-5,7-8H2,1-3H3/t11-/m1/s1. The van der Waals surface area contributed by atoms with Crippen molar-refractivity contribution >= 4 is 16.9 Å². The molecule has 1 fully saturated rings. The minimum atomic E-state index is -0.304. The van der Waals surface area contributed by atoms with Crippen LogP contribution < -0.4 is 0 Å². The molecule has 1 saturated heterocycles. The molecule has 3 rings (SSSR count). The lowest BCUT2D eigenvalue weighted by Crippen LogP contribution is -2.50. The first-order chi connectivity index (χ1) is 10.5. The quantitative estimate of drug-likeness (QED) is 0.869. The van der Waals surface area contributed by atoms with E-state index >= 15 is 0 Å². The fraction of sp³-hybridized carbons (Fsp3) is 0.533. The Bertz CT molecular complexity index is 725. The molecule has 1 aliphatic heterocycles. The molecule has 0 radical (unpaired) electrons. The summed E-state index contributed by atoms with van der Waals surface area (Å²) in [5, 5.41) is 14.6. The highest BCUT2D eigenvalue weighted by Gasteiger charge is 2.29. The Labute approximate surface area is 128 Å². The van der Waals surface area contributed by atoms with E-state index in [2.05, 4.69) is 10.1 Å². The first kappa shape index (κ1) is 14.9. The number of fused-ring (bicyclic) bond motifs is 1. The zero-order valence-electron chi connectivity index (χ0n) is 13.0. The van der Waals surface area contributed by atoms with Gasteiger partial charge in [-0.2, -0.15) is 5.10 Å². The molecule has 1 aliphatic rings. The van der Waals surface area contributed by atoms with Gasteiger partial charge < -0.3 is 14.7 Å². The molecule has 22 heavy (non-hydrogen) atoms. The smallest absolute Gasteiger partial charge is 0.255 e. The molecule has 2 aromatic heterocycles. The number of morpholine rings is 1. The van der Waals surface area contributed by atoms with Crippen molar-refractivity contribution in [3.8, 4) is 0 Å². The van der Waals surface area contributed by atoms with Gasteiger partial charge in [0.2, 0.25) is 0 Å². The SMILES string of the molecule is Cc1cc(C(=O)N2CCOC[C@H]2CO)c2c(C)nn(C)c2n1. The van der Waals surface area contributed by atoms with E-state index in [9.17, 15) is 9.90 Å². The van der Waals surface area contributed by atoms with Crippen LogP contribution in [-0.4, -0.2) is 63.1 Å². The maximum Gasteiger partial charge on any atom is 0.255 e. The number of nitrogens with zero attached hydrogens (tertiary/aromatic N) is 4. The molecule has 0 saturated carbocycles. The van der Waals surface area contributed by atoms with Gasteiger partial charge >= 0.3 is 0 Å². The van der Waals surface area contributed by atoms with Gasteiger partial charge in [0.15, 0.2) is 5.65 Å². The molecule has 1 amide bonds. The summed E-state index contributed by atoms with van der Waals surface area (Å²) in [4.78, 5) is 19.2. The third-order valence-corrected chi connectivity index (χ3v) is 4.03. The number of pyridine rings is 1. The van der Waals surface area contributed by atoms with E-state index in [1.807, 2.05) is 20.9 Å². The molecule has 7 heteroatoms. The molecule has 7 nitrogen and oxygen atoms in total. The summed E-state index contributed by atoms with van der Waals surface area (Å²) >= 11 is 0. The normalized spacial score (nSPS) is 18.9. The predicted molar refractivity (Wildman–Crippen MR) is 80.7 cm³/mol. The van der Waals surface area contributed by atoms with Crippen molar-refractivity contribution in [3.05, 3.63) is 23.0 Å². The number of hydrogen-bond donors (Lipinski definition) is 1. The highest BCUT2D eigenvalue weighted by Crippen LogP contribution is 2.24. The zero-order chi connectivity index (χ0) is 15.9. The van der Waals surface area contributed by atoms with Crippen molar-refractivity contribution in [3.63, 3.8) is 0 Å². The molecule has 0 bridgehead atoms. The lowest BCUT2D eigenvalue weighted by Gasteiger charge is -2.34. The fourth-order valence-corrected chi connectivity index (χ4v) is 2.97. The Kier molecular flexibility index (Phi) is 3.84. The largest absolute Gasteiger partial charge is 0.394 e. The van der Waals surface area contributed by atoms with Crippen molar-refractivity contribution in [1.82, 2.24) is 19.7 Å². The second-order valence-electron chi connectivity index (χ2n) is 5.63. The number of aryl methyl sites for hydroxylation is 3. The number of carbonyl (C=O) groups is 1. The van der Waals surface area contributed by atoms with E-state index in [-0.39, 0.29) is 18.6 Å². The number of aliphatic hydroxyl groups is 1. The summed E-state index contributed by atoms with van der Waals surface area (Å²) in [5.74, 6) is -0.103. The molecule has 1 N–H and O–H groups in total. The maximum atomic E-state index is 13.0. The molecule has 1 atom stereocenters. The van der Waals surface area contributed by atoms with Gasteiger partial charge in [0.25, 0.3) is 5.91 Å². The first-order valence-electron chi connectivity index (χ1n) is 7.33. The van der Waals surface area contributed by atoms with E-state index < -0.39 is 0 Å². The highest BCUT2D eigenvalue weighted by molar-refractivity contribution is 6.06. The Morgan fingerprint density at radius 2 is 2.27 bits per heavy atom. The van der Waals surface area contributed by atoms with Gasteiger partial charge in [-0.1, -0.05) is 0 Å². The number of aromatic nitrogens is 3. The minimum absolute atomic E-state index is 0.103. The van der Waals surface area contributed by atoms with Gasteiger partial charge in [0.1, 0.15) is 0 Å². The summed E-state index contributed by atoms with van der Waals surface area (Å²) in [6.45, 7) is 4.96. The summed E-state index contributed by atoms with van der Waals surface area (Å²) in [6, 6.07) is 1.49.